The number of piperidine rings is 1. The highest BCUT2D eigenvalue weighted by Gasteiger charge is 2.33. The molecule has 0 aromatic rings. The molecule has 0 spiro atoms. The zero-order valence-corrected chi connectivity index (χ0v) is 19.2. The molecule has 0 aliphatic carbocycles. The van der Waals surface area contributed by atoms with Crippen molar-refractivity contribution < 1.29 is 9.53 Å². The summed E-state index contributed by atoms with van der Waals surface area (Å²) in [6.07, 6.45) is 3.58. The van der Waals surface area contributed by atoms with Crippen LogP contribution >= 0.6 is 24.0 Å². The van der Waals surface area contributed by atoms with Crippen LogP contribution in [0.1, 0.15) is 33.1 Å². The summed E-state index contributed by atoms with van der Waals surface area (Å²) in [7, 11) is 0. The summed E-state index contributed by atoms with van der Waals surface area (Å²) >= 11 is 0. The van der Waals surface area contributed by atoms with Gasteiger partial charge in [-0.2, -0.15) is 0 Å². The lowest BCUT2D eigenvalue weighted by Gasteiger charge is -2.39. The molecule has 3 saturated heterocycles. The fourth-order valence-electron chi connectivity index (χ4n) is 3.79. The number of hydrogen-bond acceptors (Lipinski definition) is 4. The molecule has 7 nitrogen and oxygen atoms in total. The quantitative estimate of drug-likeness (QED) is 0.355. The average Bonchev–Trinajstić information content (AvgIpc) is 2.65. The number of amides is 1. The van der Waals surface area contributed by atoms with Crippen LogP contribution in [0.25, 0.3) is 0 Å². The van der Waals surface area contributed by atoms with Crippen molar-refractivity contribution in [3.8, 4) is 0 Å². The van der Waals surface area contributed by atoms with Crippen LogP contribution < -0.4 is 5.32 Å². The van der Waals surface area contributed by atoms with E-state index in [1.54, 1.807) is 0 Å². The van der Waals surface area contributed by atoms with E-state index < -0.39 is 0 Å². The first-order valence-corrected chi connectivity index (χ1v) is 10.2. The van der Waals surface area contributed by atoms with Gasteiger partial charge < -0.3 is 19.9 Å². The lowest BCUT2D eigenvalue weighted by molar-refractivity contribution is -0.133. The largest absolute Gasteiger partial charge is 0.380 e. The van der Waals surface area contributed by atoms with Crippen LogP contribution in [-0.2, 0) is 9.53 Å². The molecule has 3 fully saturated rings. The van der Waals surface area contributed by atoms with Crippen LogP contribution in [0.2, 0.25) is 0 Å². The Morgan fingerprint density at radius 3 is 2.26 bits per heavy atom. The van der Waals surface area contributed by atoms with Gasteiger partial charge in [0.05, 0.1) is 26.3 Å². The Hall–Kier alpha value is -0.610. The van der Waals surface area contributed by atoms with Gasteiger partial charge >= 0.3 is 0 Å². The van der Waals surface area contributed by atoms with Crippen LogP contribution in [0.3, 0.4) is 0 Å². The molecule has 27 heavy (non-hydrogen) atoms. The molecule has 8 heteroatoms. The molecule has 0 saturated carbocycles. The second-order valence-electron chi connectivity index (χ2n) is 8.18. The monoisotopic (exact) mass is 493 g/mol. The maximum Gasteiger partial charge on any atom is 0.236 e. The Morgan fingerprint density at radius 1 is 1.04 bits per heavy atom. The fraction of sp³-hybridized carbons (Fsp3) is 0.895. The third kappa shape index (κ3) is 6.45. The number of nitrogens with one attached hydrogen (secondary N) is 1. The number of ether oxygens (including phenoxy) is 1. The minimum atomic E-state index is 0. The first kappa shape index (κ1) is 22.7. The van der Waals surface area contributed by atoms with Gasteiger partial charge in [-0.15, -0.1) is 24.0 Å². The number of hydrogen-bond donors (Lipinski definition) is 1. The van der Waals surface area contributed by atoms with Gasteiger partial charge in [-0.05, 0) is 26.2 Å². The number of nitrogens with zero attached hydrogens (tertiary/aromatic N) is 4. The number of halogens is 1. The molecular formula is C19H36IN5O2. The molecule has 1 N–H and O–H groups in total. The van der Waals surface area contributed by atoms with E-state index in [0.717, 1.165) is 84.4 Å². The topological polar surface area (TPSA) is 60.4 Å². The molecule has 156 valence electrons. The van der Waals surface area contributed by atoms with Gasteiger partial charge in [0.2, 0.25) is 5.91 Å². The molecule has 0 unspecified atom stereocenters. The number of likely N-dealkylation sites (tertiary alicyclic amines) is 1. The van der Waals surface area contributed by atoms with E-state index in [0.29, 0.717) is 12.5 Å². The van der Waals surface area contributed by atoms with E-state index in [1.165, 1.54) is 6.42 Å². The third-order valence-electron chi connectivity index (χ3n) is 5.59. The van der Waals surface area contributed by atoms with Crippen molar-refractivity contribution in [2.75, 3.05) is 72.1 Å². The van der Waals surface area contributed by atoms with Gasteiger partial charge in [0.15, 0.2) is 5.96 Å². The molecular weight excluding hydrogens is 457 g/mol. The minimum absolute atomic E-state index is 0. The zero-order chi connectivity index (χ0) is 18.4. The highest BCUT2D eigenvalue weighted by atomic mass is 127. The summed E-state index contributed by atoms with van der Waals surface area (Å²) in [5.74, 6) is 1.30. The van der Waals surface area contributed by atoms with Crippen molar-refractivity contribution >= 4 is 35.8 Å². The maximum atomic E-state index is 12.5. The highest BCUT2D eigenvalue weighted by Crippen LogP contribution is 2.26. The van der Waals surface area contributed by atoms with Gasteiger partial charge in [-0.3, -0.25) is 14.7 Å². The normalized spacial score (nSPS) is 23.4. The summed E-state index contributed by atoms with van der Waals surface area (Å²) in [6.45, 7) is 13.8. The standard InChI is InChI=1S/C19H35N5O2.HI/c1-3-20-18(21-14-19(2)15-26-16-19)24-11-9-22(10-12-24)13-17(25)23-7-5-4-6-8-23;/h3-16H2,1-2H3,(H,20,21);1H. The van der Waals surface area contributed by atoms with Crippen molar-refractivity contribution in [3.63, 3.8) is 0 Å². The van der Waals surface area contributed by atoms with Crippen LogP contribution in [0.15, 0.2) is 4.99 Å². The summed E-state index contributed by atoms with van der Waals surface area (Å²) in [5.41, 5.74) is 0.198. The lowest BCUT2D eigenvalue weighted by Crippen LogP contribution is -2.55. The Labute approximate surface area is 180 Å². The zero-order valence-electron chi connectivity index (χ0n) is 16.9. The van der Waals surface area contributed by atoms with E-state index in [2.05, 4.69) is 29.0 Å². The SMILES string of the molecule is CCNC(=NCC1(C)COC1)N1CCN(CC(=O)N2CCCCC2)CC1.I. The predicted octanol–water partition coefficient (Wildman–Crippen LogP) is 1.24. The molecule has 3 rings (SSSR count). The van der Waals surface area contributed by atoms with Crippen molar-refractivity contribution in [1.29, 1.82) is 0 Å². The molecule has 3 heterocycles. The van der Waals surface area contributed by atoms with Crippen LogP contribution in [0.5, 0.6) is 0 Å². The minimum Gasteiger partial charge on any atom is -0.380 e. The van der Waals surface area contributed by atoms with Crippen LogP contribution in [0, 0.1) is 5.41 Å². The van der Waals surface area contributed by atoms with Gasteiger partial charge in [0.25, 0.3) is 0 Å². The maximum absolute atomic E-state index is 12.5. The van der Waals surface area contributed by atoms with E-state index in [1.807, 2.05) is 4.90 Å². The van der Waals surface area contributed by atoms with Gasteiger partial charge in [0, 0.05) is 51.2 Å². The number of carbonyl (C=O) groups is 1. The van der Waals surface area contributed by atoms with Gasteiger partial charge in [-0.25, -0.2) is 0 Å². The molecule has 0 aromatic carbocycles. The van der Waals surface area contributed by atoms with Crippen molar-refractivity contribution in [1.82, 2.24) is 20.0 Å². The fourth-order valence-corrected chi connectivity index (χ4v) is 3.79. The summed E-state index contributed by atoms with van der Waals surface area (Å²) < 4.78 is 5.33. The van der Waals surface area contributed by atoms with E-state index in [-0.39, 0.29) is 29.4 Å². The second kappa shape index (κ2) is 10.8. The Morgan fingerprint density at radius 2 is 1.70 bits per heavy atom. The van der Waals surface area contributed by atoms with Gasteiger partial charge in [0.1, 0.15) is 0 Å². The van der Waals surface area contributed by atoms with Crippen molar-refractivity contribution in [2.24, 2.45) is 10.4 Å². The van der Waals surface area contributed by atoms with E-state index >= 15 is 0 Å². The molecule has 3 aliphatic rings. The number of piperazine rings is 1. The summed E-state index contributed by atoms with van der Waals surface area (Å²) in [6, 6.07) is 0. The highest BCUT2D eigenvalue weighted by molar-refractivity contribution is 14.0. The Balaban J connectivity index is 0.00000261. The molecule has 0 atom stereocenters. The van der Waals surface area contributed by atoms with Crippen LogP contribution in [-0.4, -0.2) is 98.7 Å². The summed E-state index contributed by atoms with van der Waals surface area (Å²) in [4.78, 5) is 24.0. The third-order valence-corrected chi connectivity index (χ3v) is 5.59. The number of guanidine groups is 1. The van der Waals surface area contributed by atoms with E-state index in [4.69, 9.17) is 9.73 Å². The Bertz CT molecular complexity index is 498. The predicted molar refractivity (Wildman–Crippen MR) is 119 cm³/mol. The van der Waals surface area contributed by atoms with Crippen molar-refractivity contribution in [3.05, 3.63) is 0 Å². The smallest absolute Gasteiger partial charge is 0.236 e. The molecule has 3 aliphatic heterocycles. The lowest BCUT2D eigenvalue weighted by atomic mass is 9.89. The summed E-state index contributed by atoms with van der Waals surface area (Å²) in [5, 5.41) is 3.42. The van der Waals surface area contributed by atoms with E-state index in [9.17, 15) is 4.79 Å². The number of carbonyl (C=O) groups excluding carboxylic acids is 1. The average molecular weight is 493 g/mol. The molecule has 1 amide bonds. The first-order chi connectivity index (χ1) is 12.6. The molecule has 0 radical (unpaired) electrons. The number of aliphatic imine (C=N–C) groups is 1. The molecule has 0 bridgehead atoms. The van der Waals surface area contributed by atoms with Gasteiger partial charge in [-0.1, -0.05) is 6.92 Å². The Kier molecular flexibility index (Phi) is 9.07. The first-order valence-electron chi connectivity index (χ1n) is 10.2. The number of rotatable bonds is 5. The van der Waals surface area contributed by atoms with Crippen molar-refractivity contribution in [2.45, 2.75) is 33.1 Å². The second-order valence-corrected chi connectivity index (χ2v) is 8.18. The van der Waals surface area contributed by atoms with Crippen LogP contribution in [0.4, 0.5) is 0 Å². The molecule has 0 aromatic heterocycles.